The minimum absolute atomic E-state index is 0.0979. The van der Waals surface area contributed by atoms with Crippen LogP contribution in [0, 0.1) is 18.8 Å². The van der Waals surface area contributed by atoms with Crippen LogP contribution >= 0.6 is 0 Å². The van der Waals surface area contributed by atoms with E-state index in [-0.39, 0.29) is 17.9 Å². The molecule has 1 N–H and O–H groups in total. The molecule has 7 heteroatoms. The third-order valence-corrected chi connectivity index (χ3v) is 5.22. The van der Waals surface area contributed by atoms with E-state index in [9.17, 15) is 9.59 Å². The quantitative estimate of drug-likeness (QED) is 0.846. The van der Waals surface area contributed by atoms with Gasteiger partial charge in [-0.05, 0) is 31.6 Å². The average molecular weight is 347 g/mol. The fourth-order valence-electron chi connectivity index (χ4n) is 3.48. The summed E-state index contributed by atoms with van der Waals surface area (Å²) in [6.07, 6.45) is 3.85. The number of nitrogens with one attached hydrogen (secondary N) is 1. The molecule has 1 saturated carbocycles. The Balaban J connectivity index is 1.62. The van der Waals surface area contributed by atoms with Crippen molar-refractivity contribution in [3.05, 3.63) is 11.6 Å². The highest BCUT2D eigenvalue weighted by Crippen LogP contribution is 2.32. The van der Waals surface area contributed by atoms with E-state index in [1.165, 1.54) is 12.8 Å². The molecule has 2 aliphatic rings. The molecule has 1 aromatic heterocycles. The second-order valence-corrected chi connectivity index (χ2v) is 7.75. The molecule has 0 bridgehead atoms. The lowest BCUT2D eigenvalue weighted by Gasteiger charge is -2.34. The molecule has 2 heterocycles. The van der Waals surface area contributed by atoms with Crippen molar-refractivity contribution < 1.29 is 9.59 Å². The number of carbonyl (C=O) groups excluding carboxylic acids is 2. The number of H-pyrrole nitrogens is 1. The smallest absolute Gasteiger partial charge is 0.224 e. The van der Waals surface area contributed by atoms with Gasteiger partial charge in [0.05, 0.1) is 6.04 Å². The van der Waals surface area contributed by atoms with Crippen molar-refractivity contribution in [3.63, 3.8) is 0 Å². The summed E-state index contributed by atoms with van der Waals surface area (Å²) in [6, 6.07) is 0.118. The lowest BCUT2D eigenvalue weighted by Crippen LogP contribution is -2.48. The second-order valence-electron chi connectivity index (χ2n) is 7.75. The van der Waals surface area contributed by atoms with Gasteiger partial charge in [-0.3, -0.25) is 9.59 Å². The van der Waals surface area contributed by atoms with Crippen LogP contribution in [0.15, 0.2) is 0 Å². The van der Waals surface area contributed by atoms with Crippen LogP contribution in [0.3, 0.4) is 0 Å². The standard InChI is InChI=1S/C18H29N5O2/c1-12(2)15-11-22(9-8-18(25)23(15)10-14-4-5-14)17(24)7-6-16-19-13(3)20-21-16/h12,14-15H,4-11H2,1-3H3,(H,19,20,21). The number of aromatic amines is 1. The molecule has 2 fully saturated rings. The van der Waals surface area contributed by atoms with Crippen molar-refractivity contribution >= 4 is 11.8 Å². The number of aryl methyl sites for hydroxylation is 2. The van der Waals surface area contributed by atoms with Crippen molar-refractivity contribution in [1.29, 1.82) is 0 Å². The van der Waals surface area contributed by atoms with Crippen molar-refractivity contribution in [2.45, 2.75) is 58.9 Å². The van der Waals surface area contributed by atoms with Gasteiger partial charge in [-0.2, -0.15) is 0 Å². The lowest BCUT2D eigenvalue weighted by molar-refractivity contribution is -0.134. The molecule has 2 amide bonds. The van der Waals surface area contributed by atoms with Gasteiger partial charge in [0, 0.05) is 38.9 Å². The van der Waals surface area contributed by atoms with Crippen LogP contribution in [0.2, 0.25) is 0 Å². The van der Waals surface area contributed by atoms with E-state index in [1.807, 2.05) is 11.8 Å². The first kappa shape index (κ1) is 17.9. The van der Waals surface area contributed by atoms with E-state index in [4.69, 9.17) is 0 Å². The molecule has 138 valence electrons. The van der Waals surface area contributed by atoms with E-state index in [0.717, 1.165) is 18.2 Å². The van der Waals surface area contributed by atoms with Gasteiger partial charge in [-0.15, -0.1) is 10.2 Å². The number of amides is 2. The predicted octanol–water partition coefficient (Wildman–Crippen LogP) is 1.54. The summed E-state index contributed by atoms with van der Waals surface area (Å²) in [5.74, 6) is 2.81. The Hall–Kier alpha value is -1.92. The van der Waals surface area contributed by atoms with Crippen LogP contribution in [0.5, 0.6) is 0 Å². The zero-order valence-corrected chi connectivity index (χ0v) is 15.5. The van der Waals surface area contributed by atoms with Gasteiger partial charge in [0.25, 0.3) is 0 Å². The Labute approximate surface area is 149 Å². The summed E-state index contributed by atoms with van der Waals surface area (Å²) in [5, 5.41) is 7.95. The number of aromatic nitrogens is 3. The van der Waals surface area contributed by atoms with Gasteiger partial charge in [-0.1, -0.05) is 13.8 Å². The molecular weight excluding hydrogens is 318 g/mol. The third-order valence-electron chi connectivity index (χ3n) is 5.22. The SMILES string of the molecule is Cc1nnc(CCC(=O)N2CCC(=O)N(CC3CC3)C(C(C)C)C2)[nH]1. The molecule has 1 aromatic rings. The van der Waals surface area contributed by atoms with Gasteiger partial charge in [-0.25, -0.2) is 0 Å². The Morgan fingerprint density at radius 3 is 2.68 bits per heavy atom. The normalized spacial score (nSPS) is 21.8. The maximum Gasteiger partial charge on any atom is 0.224 e. The molecular formula is C18H29N5O2. The number of hydrogen-bond acceptors (Lipinski definition) is 4. The van der Waals surface area contributed by atoms with Crippen LogP contribution < -0.4 is 0 Å². The van der Waals surface area contributed by atoms with Crippen molar-refractivity contribution in [3.8, 4) is 0 Å². The first-order valence-corrected chi connectivity index (χ1v) is 9.39. The molecule has 25 heavy (non-hydrogen) atoms. The Morgan fingerprint density at radius 2 is 2.08 bits per heavy atom. The van der Waals surface area contributed by atoms with Crippen molar-refractivity contribution in [1.82, 2.24) is 25.0 Å². The number of rotatable bonds is 6. The maximum atomic E-state index is 12.7. The maximum absolute atomic E-state index is 12.7. The van der Waals surface area contributed by atoms with Gasteiger partial charge in [0.2, 0.25) is 11.8 Å². The van der Waals surface area contributed by atoms with E-state index in [1.54, 1.807) is 0 Å². The average Bonchev–Trinajstić information content (AvgIpc) is 3.32. The zero-order valence-electron chi connectivity index (χ0n) is 15.5. The number of carbonyl (C=O) groups is 2. The fraction of sp³-hybridized carbons (Fsp3) is 0.778. The molecule has 1 atom stereocenters. The van der Waals surface area contributed by atoms with Gasteiger partial charge in [0.1, 0.15) is 11.6 Å². The number of hydrogen-bond donors (Lipinski definition) is 1. The third kappa shape index (κ3) is 4.58. The minimum atomic E-state index is 0.0979. The summed E-state index contributed by atoms with van der Waals surface area (Å²) in [6.45, 7) is 8.16. The van der Waals surface area contributed by atoms with Crippen LogP contribution in [-0.2, 0) is 16.0 Å². The topological polar surface area (TPSA) is 82.2 Å². The number of nitrogens with zero attached hydrogens (tertiary/aromatic N) is 4. The van der Waals surface area contributed by atoms with Crippen LogP contribution in [-0.4, -0.2) is 62.5 Å². The summed E-state index contributed by atoms with van der Waals surface area (Å²) >= 11 is 0. The van der Waals surface area contributed by atoms with Gasteiger partial charge >= 0.3 is 0 Å². The van der Waals surface area contributed by atoms with E-state index in [0.29, 0.717) is 44.2 Å². The molecule has 1 aliphatic heterocycles. The van der Waals surface area contributed by atoms with Crippen LogP contribution in [0.25, 0.3) is 0 Å². The Morgan fingerprint density at radius 1 is 1.32 bits per heavy atom. The predicted molar refractivity (Wildman–Crippen MR) is 93.7 cm³/mol. The van der Waals surface area contributed by atoms with Crippen LogP contribution in [0.1, 0.15) is 51.2 Å². The molecule has 3 rings (SSSR count). The molecule has 7 nitrogen and oxygen atoms in total. The van der Waals surface area contributed by atoms with Crippen molar-refractivity contribution in [2.24, 2.45) is 11.8 Å². The van der Waals surface area contributed by atoms with E-state index < -0.39 is 0 Å². The fourth-order valence-corrected chi connectivity index (χ4v) is 3.48. The van der Waals surface area contributed by atoms with Crippen molar-refractivity contribution in [2.75, 3.05) is 19.6 Å². The van der Waals surface area contributed by atoms with E-state index >= 15 is 0 Å². The first-order valence-electron chi connectivity index (χ1n) is 9.39. The largest absolute Gasteiger partial charge is 0.340 e. The highest BCUT2D eigenvalue weighted by molar-refractivity contribution is 5.80. The molecule has 1 saturated heterocycles. The zero-order chi connectivity index (χ0) is 18.0. The summed E-state index contributed by atoms with van der Waals surface area (Å²) in [7, 11) is 0. The van der Waals surface area contributed by atoms with Crippen LogP contribution in [0.4, 0.5) is 0 Å². The summed E-state index contributed by atoms with van der Waals surface area (Å²) < 4.78 is 0. The summed E-state index contributed by atoms with van der Waals surface area (Å²) in [4.78, 5) is 32.3. The van der Waals surface area contributed by atoms with E-state index in [2.05, 4.69) is 33.9 Å². The molecule has 0 aromatic carbocycles. The molecule has 0 radical (unpaired) electrons. The van der Waals surface area contributed by atoms with Gasteiger partial charge in [0.15, 0.2) is 0 Å². The monoisotopic (exact) mass is 347 g/mol. The lowest BCUT2D eigenvalue weighted by atomic mass is 10.0. The first-order chi connectivity index (χ1) is 11.9. The molecule has 1 unspecified atom stereocenters. The second kappa shape index (κ2) is 7.54. The Kier molecular flexibility index (Phi) is 5.39. The Bertz CT molecular complexity index is 623. The van der Waals surface area contributed by atoms with Gasteiger partial charge < -0.3 is 14.8 Å². The highest BCUT2D eigenvalue weighted by atomic mass is 16.2. The highest BCUT2D eigenvalue weighted by Gasteiger charge is 2.36. The molecule has 1 aliphatic carbocycles. The minimum Gasteiger partial charge on any atom is -0.340 e. The molecule has 0 spiro atoms. The summed E-state index contributed by atoms with van der Waals surface area (Å²) in [5.41, 5.74) is 0.